The molecule has 0 heterocycles. The van der Waals surface area contributed by atoms with Gasteiger partial charge in [0.2, 0.25) is 5.91 Å². The van der Waals surface area contributed by atoms with Gasteiger partial charge in [0, 0.05) is 19.0 Å². The molecule has 0 aliphatic carbocycles. The van der Waals surface area contributed by atoms with Crippen LogP contribution in [0.25, 0.3) is 0 Å². The van der Waals surface area contributed by atoms with Gasteiger partial charge in [0.25, 0.3) is 0 Å². The zero-order chi connectivity index (χ0) is 12.0. The predicted molar refractivity (Wildman–Crippen MR) is 61.8 cm³/mol. The highest BCUT2D eigenvalue weighted by molar-refractivity contribution is 5.92. The molecule has 0 aliphatic rings. The van der Waals surface area contributed by atoms with E-state index in [9.17, 15) is 9.90 Å². The lowest BCUT2D eigenvalue weighted by Crippen LogP contribution is -2.18. The first-order valence-electron chi connectivity index (χ1n) is 4.99. The Hall–Kier alpha value is -1.75. The van der Waals surface area contributed by atoms with Crippen LogP contribution in [-0.4, -0.2) is 31.7 Å². The Morgan fingerprint density at radius 3 is 2.88 bits per heavy atom. The summed E-state index contributed by atoms with van der Waals surface area (Å²) < 4.78 is 5.00. The summed E-state index contributed by atoms with van der Waals surface area (Å²) in [5.41, 5.74) is 0.362. The van der Waals surface area contributed by atoms with Crippen LogP contribution < -0.4 is 15.4 Å². The molecule has 1 aromatic carbocycles. The Labute approximate surface area is 94.4 Å². The number of aromatic hydroxyl groups is 1. The SMILES string of the molecule is CNCCC(=O)Nc1cc(OC)ccc1O. The average molecular weight is 224 g/mol. The first kappa shape index (κ1) is 12.3. The molecule has 5 nitrogen and oxygen atoms in total. The fourth-order valence-electron chi connectivity index (χ4n) is 1.19. The van der Waals surface area contributed by atoms with Gasteiger partial charge in [-0.25, -0.2) is 0 Å². The Morgan fingerprint density at radius 2 is 2.25 bits per heavy atom. The van der Waals surface area contributed by atoms with Crippen LogP contribution in [0.5, 0.6) is 11.5 Å². The van der Waals surface area contributed by atoms with Gasteiger partial charge in [0.05, 0.1) is 12.8 Å². The number of nitrogens with one attached hydrogen (secondary N) is 2. The number of methoxy groups -OCH3 is 1. The highest BCUT2D eigenvalue weighted by atomic mass is 16.5. The van der Waals surface area contributed by atoms with Crippen molar-refractivity contribution in [2.75, 3.05) is 26.0 Å². The number of carbonyl (C=O) groups is 1. The molecule has 0 fully saturated rings. The average Bonchev–Trinajstić information content (AvgIpc) is 2.29. The second-order valence-corrected chi connectivity index (χ2v) is 3.28. The lowest BCUT2D eigenvalue weighted by Gasteiger charge is -2.08. The Balaban J connectivity index is 2.68. The molecule has 5 heteroatoms. The van der Waals surface area contributed by atoms with E-state index in [0.717, 1.165) is 0 Å². The van der Waals surface area contributed by atoms with Crippen molar-refractivity contribution in [1.29, 1.82) is 0 Å². The van der Waals surface area contributed by atoms with Gasteiger partial charge in [-0.1, -0.05) is 0 Å². The second kappa shape index (κ2) is 5.97. The third-order valence-corrected chi connectivity index (χ3v) is 2.08. The topological polar surface area (TPSA) is 70.6 Å². The summed E-state index contributed by atoms with van der Waals surface area (Å²) in [6.07, 6.45) is 0.354. The van der Waals surface area contributed by atoms with Crippen molar-refractivity contribution in [3.63, 3.8) is 0 Å². The normalized spacial score (nSPS) is 9.88. The molecule has 0 saturated carbocycles. The van der Waals surface area contributed by atoms with E-state index in [1.165, 1.54) is 13.2 Å². The summed E-state index contributed by atoms with van der Waals surface area (Å²) in [7, 11) is 3.30. The van der Waals surface area contributed by atoms with Crippen molar-refractivity contribution < 1.29 is 14.6 Å². The predicted octanol–water partition coefficient (Wildman–Crippen LogP) is 0.949. The quantitative estimate of drug-likeness (QED) is 0.651. The van der Waals surface area contributed by atoms with E-state index in [0.29, 0.717) is 24.4 Å². The number of hydrogen-bond acceptors (Lipinski definition) is 4. The summed E-state index contributed by atoms with van der Waals surface area (Å²) in [4.78, 5) is 11.4. The third kappa shape index (κ3) is 3.43. The fraction of sp³-hybridized carbons (Fsp3) is 0.364. The number of hydrogen-bond donors (Lipinski definition) is 3. The number of anilines is 1. The molecule has 0 spiro atoms. The Bertz CT molecular complexity index is 366. The molecule has 1 amide bonds. The minimum atomic E-state index is -0.155. The van der Waals surface area contributed by atoms with Crippen LogP contribution in [0.3, 0.4) is 0 Å². The lowest BCUT2D eigenvalue weighted by atomic mass is 10.2. The smallest absolute Gasteiger partial charge is 0.225 e. The van der Waals surface area contributed by atoms with E-state index in [4.69, 9.17) is 4.74 Å². The van der Waals surface area contributed by atoms with Crippen LogP contribution in [0.4, 0.5) is 5.69 Å². The minimum Gasteiger partial charge on any atom is -0.506 e. The van der Waals surface area contributed by atoms with Gasteiger partial charge in [0.15, 0.2) is 0 Å². The maximum atomic E-state index is 11.4. The van der Waals surface area contributed by atoms with Crippen molar-refractivity contribution in [2.45, 2.75) is 6.42 Å². The van der Waals surface area contributed by atoms with Gasteiger partial charge in [0.1, 0.15) is 11.5 Å². The molecule has 16 heavy (non-hydrogen) atoms. The Morgan fingerprint density at radius 1 is 1.50 bits per heavy atom. The highest BCUT2D eigenvalue weighted by Crippen LogP contribution is 2.27. The third-order valence-electron chi connectivity index (χ3n) is 2.08. The van der Waals surface area contributed by atoms with Gasteiger partial charge >= 0.3 is 0 Å². The van der Waals surface area contributed by atoms with Crippen LogP contribution in [0.2, 0.25) is 0 Å². The molecule has 3 N–H and O–H groups in total. The highest BCUT2D eigenvalue weighted by Gasteiger charge is 2.07. The molecule has 0 radical (unpaired) electrons. The van der Waals surface area contributed by atoms with Gasteiger partial charge in [-0.15, -0.1) is 0 Å². The molecule has 0 aliphatic heterocycles. The first-order chi connectivity index (χ1) is 7.67. The molecular formula is C11H16N2O3. The number of carbonyl (C=O) groups excluding carboxylic acids is 1. The Kier molecular flexibility index (Phi) is 4.60. The summed E-state index contributed by atoms with van der Waals surface area (Å²) >= 11 is 0. The van der Waals surface area contributed by atoms with Crippen LogP contribution in [0.15, 0.2) is 18.2 Å². The number of benzene rings is 1. The van der Waals surface area contributed by atoms with Crippen LogP contribution in [0, 0.1) is 0 Å². The summed E-state index contributed by atoms with van der Waals surface area (Å²) in [6, 6.07) is 4.68. The lowest BCUT2D eigenvalue weighted by molar-refractivity contribution is -0.116. The monoisotopic (exact) mass is 224 g/mol. The molecule has 1 aromatic rings. The van der Waals surface area contributed by atoms with Crippen LogP contribution >= 0.6 is 0 Å². The van der Waals surface area contributed by atoms with Gasteiger partial charge in [-0.05, 0) is 19.2 Å². The van der Waals surface area contributed by atoms with Gasteiger partial charge in [-0.3, -0.25) is 4.79 Å². The van der Waals surface area contributed by atoms with Crippen molar-refractivity contribution >= 4 is 11.6 Å². The zero-order valence-corrected chi connectivity index (χ0v) is 9.41. The maximum absolute atomic E-state index is 11.4. The molecule has 0 bridgehead atoms. The number of amides is 1. The van der Waals surface area contributed by atoms with Crippen molar-refractivity contribution in [3.8, 4) is 11.5 Å². The molecule has 0 atom stereocenters. The molecule has 0 saturated heterocycles. The summed E-state index contributed by atoms with van der Waals surface area (Å²) in [6.45, 7) is 0.594. The number of ether oxygens (including phenoxy) is 1. The van der Waals surface area contributed by atoms with Gasteiger partial charge < -0.3 is 20.5 Å². The van der Waals surface area contributed by atoms with E-state index in [1.54, 1.807) is 19.2 Å². The molecule has 0 aromatic heterocycles. The molecule has 88 valence electrons. The molecule has 0 unspecified atom stereocenters. The van der Waals surface area contributed by atoms with Crippen LogP contribution in [-0.2, 0) is 4.79 Å². The fourth-order valence-corrected chi connectivity index (χ4v) is 1.19. The van der Waals surface area contributed by atoms with Crippen molar-refractivity contribution in [3.05, 3.63) is 18.2 Å². The van der Waals surface area contributed by atoms with E-state index in [2.05, 4.69) is 10.6 Å². The first-order valence-corrected chi connectivity index (χ1v) is 4.99. The van der Waals surface area contributed by atoms with Gasteiger partial charge in [-0.2, -0.15) is 0 Å². The van der Waals surface area contributed by atoms with Crippen molar-refractivity contribution in [2.24, 2.45) is 0 Å². The summed E-state index contributed by atoms with van der Waals surface area (Å²) in [5.74, 6) is 0.457. The molecule has 1 rings (SSSR count). The van der Waals surface area contributed by atoms with E-state index in [-0.39, 0.29) is 11.7 Å². The van der Waals surface area contributed by atoms with Crippen molar-refractivity contribution in [1.82, 2.24) is 5.32 Å². The van der Waals surface area contributed by atoms with E-state index < -0.39 is 0 Å². The number of rotatable bonds is 5. The zero-order valence-electron chi connectivity index (χ0n) is 9.41. The minimum absolute atomic E-state index is 0.0265. The molecular weight excluding hydrogens is 208 g/mol. The largest absolute Gasteiger partial charge is 0.506 e. The summed E-state index contributed by atoms with van der Waals surface area (Å²) in [5, 5.41) is 15.0. The number of phenols is 1. The maximum Gasteiger partial charge on any atom is 0.225 e. The second-order valence-electron chi connectivity index (χ2n) is 3.28. The number of phenolic OH excluding ortho intramolecular Hbond substituents is 1. The van der Waals surface area contributed by atoms with Crippen LogP contribution in [0.1, 0.15) is 6.42 Å². The van der Waals surface area contributed by atoms with E-state index >= 15 is 0 Å². The van der Waals surface area contributed by atoms with E-state index in [1.807, 2.05) is 0 Å². The standard InChI is InChI=1S/C11H16N2O3/c1-12-6-5-11(15)13-9-7-8(16-2)3-4-10(9)14/h3-4,7,12,14H,5-6H2,1-2H3,(H,13,15).